The van der Waals surface area contributed by atoms with Gasteiger partial charge in [-0.25, -0.2) is 8.42 Å². The number of piperidine rings is 1. The molecule has 0 unspecified atom stereocenters. The molecule has 2 heterocycles. The second kappa shape index (κ2) is 10.4. The molecule has 174 valence electrons. The minimum Gasteiger partial charge on any atom is -0.382 e. The van der Waals surface area contributed by atoms with Crippen molar-refractivity contribution in [3.63, 3.8) is 0 Å². The predicted molar refractivity (Wildman–Crippen MR) is 134 cm³/mol. The number of thiophene rings is 1. The Balaban J connectivity index is 1.32. The van der Waals surface area contributed by atoms with Gasteiger partial charge in [-0.2, -0.15) is 4.31 Å². The standard InChI is InChI=1S/C23H23Cl2N3O3S2/c24-17-6-4-16(5-7-17)23(29)26-15-21-8-9-22(32-21)33(30,31)28-12-10-19(11-13-28)27-20-3-1-2-18(25)14-20/h1-9,14,19,27H,10-13,15H2,(H,26,29). The van der Waals surface area contributed by atoms with E-state index in [1.807, 2.05) is 24.3 Å². The van der Waals surface area contributed by atoms with E-state index in [0.29, 0.717) is 45.7 Å². The van der Waals surface area contributed by atoms with Crippen LogP contribution in [0, 0.1) is 0 Å². The molecule has 2 aromatic carbocycles. The number of amides is 1. The van der Waals surface area contributed by atoms with Gasteiger partial charge in [0.2, 0.25) is 0 Å². The topological polar surface area (TPSA) is 78.5 Å². The van der Waals surface area contributed by atoms with E-state index in [-0.39, 0.29) is 18.5 Å². The van der Waals surface area contributed by atoms with Gasteiger partial charge in [-0.05, 0) is 67.4 Å². The number of nitrogens with zero attached hydrogens (tertiary/aromatic N) is 1. The Labute approximate surface area is 207 Å². The Bertz CT molecular complexity index is 1220. The van der Waals surface area contributed by atoms with Crippen molar-refractivity contribution in [2.24, 2.45) is 0 Å². The highest BCUT2D eigenvalue weighted by molar-refractivity contribution is 7.91. The molecule has 0 saturated carbocycles. The van der Waals surface area contributed by atoms with E-state index in [9.17, 15) is 13.2 Å². The van der Waals surface area contributed by atoms with Gasteiger partial charge in [0.05, 0.1) is 6.54 Å². The highest BCUT2D eigenvalue weighted by Gasteiger charge is 2.30. The van der Waals surface area contributed by atoms with E-state index >= 15 is 0 Å². The highest BCUT2D eigenvalue weighted by Crippen LogP contribution is 2.28. The van der Waals surface area contributed by atoms with Gasteiger partial charge in [0, 0.05) is 45.3 Å². The first-order chi connectivity index (χ1) is 15.8. The van der Waals surface area contributed by atoms with Gasteiger partial charge in [-0.3, -0.25) is 4.79 Å². The number of anilines is 1. The second-order valence-electron chi connectivity index (χ2n) is 7.74. The van der Waals surface area contributed by atoms with Crippen LogP contribution >= 0.6 is 34.5 Å². The zero-order chi connectivity index (χ0) is 23.4. The fraction of sp³-hybridized carbons (Fsp3) is 0.261. The summed E-state index contributed by atoms with van der Waals surface area (Å²) >= 11 is 13.1. The Morgan fingerprint density at radius 3 is 2.42 bits per heavy atom. The number of hydrogen-bond acceptors (Lipinski definition) is 5. The first-order valence-corrected chi connectivity index (χ1v) is 13.5. The molecular formula is C23H23Cl2N3O3S2. The van der Waals surface area contributed by atoms with Crippen molar-refractivity contribution in [3.8, 4) is 0 Å². The maximum atomic E-state index is 13.1. The van der Waals surface area contributed by atoms with Gasteiger partial charge in [-0.15, -0.1) is 11.3 Å². The molecule has 1 amide bonds. The zero-order valence-electron chi connectivity index (χ0n) is 17.6. The number of nitrogens with one attached hydrogen (secondary N) is 2. The summed E-state index contributed by atoms with van der Waals surface area (Å²) in [6.45, 7) is 1.15. The lowest BCUT2D eigenvalue weighted by molar-refractivity contribution is 0.0951. The molecule has 10 heteroatoms. The quantitative estimate of drug-likeness (QED) is 0.443. The van der Waals surface area contributed by atoms with Crippen molar-refractivity contribution in [1.29, 1.82) is 0 Å². The highest BCUT2D eigenvalue weighted by atomic mass is 35.5. The molecule has 4 rings (SSSR count). The van der Waals surface area contributed by atoms with Gasteiger partial charge in [0.1, 0.15) is 4.21 Å². The molecule has 33 heavy (non-hydrogen) atoms. The van der Waals surface area contributed by atoms with E-state index in [2.05, 4.69) is 10.6 Å². The number of carbonyl (C=O) groups is 1. The van der Waals surface area contributed by atoms with Gasteiger partial charge >= 0.3 is 0 Å². The monoisotopic (exact) mass is 523 g/mol. The summed E-state index contributed by atoms with van der Waals surface area (Å²) in [4.78, 5) is 13.0. The van der Waals surface area contributed by atoms with Crippen LogP contribution in [0.25, 0.3) is 0 Å². The number of sulfonamides is 1. The molecule has 0 spiro atoms. The second-order valence-corrected chi connectivity index (χ2v) is 11.9. The van der Waals surface area contributed by atoms with Crippen molar-refractivity contribution in [1.82, 2.24) is 9.62 Å². The zero-order valence-corrected chi connectivity index (χ0v) is 20.8. The smallest absolute Gasteiger partial charge is 0.252 e. The molecule has 0 radical (unpaired) electrons. The summed E-state index contributed by atoms with van der Waals surface area (Å²) in [5, 5.41) is 7.47. The average molecular weight is 524 g/mol. The van der Waals surface area contributed by atoms with Gasteiger partial charge in [0.15, 0.2) is 0 Å². The van der Waals surface area contributed by atoms with Crippen LogP contribution in [0.4, 0.5) is 5.69 Å². The number of carbonyl (C=O) groups excluding carboxylic acids is 1. The van der Waals surface area contributed by atoms with Gasteiger partial charge < -0.3 is 10.6 Å². The van der Waals surface area contributed by atoms with Crippen LogP contribution in [-0.2, 0) is 16.6 Å². The molecule has 6 nitrogen and oxygen atoms in total. The summed E-state index contributed by atoms with van der Waals surface area (Å²) in [5.41, 5.74) is 1.44. The van der Waals surface area contributed by atoms with Crippen LogP contribution in [0.1, 0.15) is 28.1 Å². The third-order valence-electron chi connectivity index (χ3n) is 5.41. The van der Waals surface area contributed by atoms with Crippen LogP contribution in [0.3, 0.4) is 0 Å². The molecule has 1 fully saturated rings. The van der Waals surface area contributed by atoms with Crippen LogP contribution in [0.2, 0.25) is 10.0 Å². The lowest BCUT2D eigenvalue weighted by Gasteiger charge is -2.31. The van der Waals surface area contributed by atoms with Crippen LogP contribution in [-0.4, -0.2) is 37.8 Å². The molecule has 0 bridgehead atoms. The minimum absolute atomic E-state index is 0.192. The number of benzene rings is 2. The normalized spacial score (nSPS) is 15.3. The van der Waals surface area contributed by atoms with Crippen LogP contribution in [0.5, 0.6) is 0 Å². The third-order valence-corrected chi connectivity index (χ3v) is 9.35. The van der Waals surface area contributed by atoms with Crippen molar-refractivity contribution in [3.05, 3.63) is 81.1 Å². The SMILES string of the molecule is O=C(NCc1ccc(S(=O)(=O)N2CCC(Nc3cccc(Cl)c3)CC2)s1)c1ccc(Cl)cc1. The summed E-state index contributed by atoms with van der Waals surface area (Å²) in [5.74, 6) is -0.237. The fourth-order valence-corrected chi connectivity index (χ4v) is 6.88. The largest absolute Gasteiger partial charge is 0.382 e. The van der Waals surface area contributed by atoms with Crippen LogP contribution < -0.4 is 10.6 Å². The third kappa shape index (κ3) is 6.07. The first-order valence-electron chi connectivity index (χ1n) is 10.5. The fourth-order valence-electron chi connectivity index (χ4n) is 3.64. The van der Waals surface area contributed by atoms with Gasteiger partial charge in [0.25, 0.3) is 15.9 Å². The summed E-state index contributed by atoms with van der Waals surface area (Å²) in [7, 11) is -3.56. The maximum Gasteiger partial charge on any atom is 0.252 e. The van der Waals surface area contributed by atoms with Crippen molar-refractivity contribution >= 4 is 56.2 Å². The first kappa shape index (κ1) is 24.0. The van der Waals surface area contributed by atoms with Crippen molar-refractivity contribution in [2.75, 3.05) is 18.4 Å². The van der Waals surface area contributed by atoms with E-state index in [0.717, 1.165) is 10.6 Å². The number of halogens is 2. The van der Waals surface area contributed by atoms with E-state index in [1.165, 1.54) is 15.6 Å². The summed E-state index contributed by atoms with van der Waals surface area (Å²) in [6.07, 6.45) is 1.42. The molecule has 2 N–H and O–H groups in total. The Morgan fingerprint density at radius 1 is 1.00 bits per heavy atom. The molecule has 1 aliphatic heterocycles. The molecular weight excluding hydrogens is 501 g/mol. The molecule has 1 aliphatic rings. The molecule has 3 aromatic rings. The lowest BCUT2D eigenvalue weighted by atomic mass is 10.1. The Kier molecular flexibility index (Phi) is 7.61. The predicted octanol–water partition coefficient (Wildman–Crippen LogP) is 5.25. The minimum atomic E-state index is -3.56. The Hall–Kier alpha value is -2.10. The van der Waals surface area contributed by atoms with E-state index in [4.69, 9.17) is 23.2 Å². The van der Waals surface area contributed by atoms with Gasteiger partial charge in [-0.1, -0.05) is 29.3 Å². The van der Waals surface area contributed by atoms with Crippen molar-refractivity contribution < 1.29 is 13.2 Å². The van der Waals surface area contributed by atoms with E-state index in [1.54, 1.807) is 36.4 Å². The van der Waals surface area contributed by atoms with Crippen LogP contribution in [0.15, 0.2) is 64.9 Å². The van der Waals surface area contributed by atoms with E-state index < -0.39 is 10.0 Å². The molecule has 1 saturated heterocycles. The molecule has 0 aliphatic carbocycles. The number of rotatable bonds is 7. The summed E-state index contributed by atoms with van der Waals surface area (Å²) in [6, 6.07) is 17.7. The molecule has 1 aromatic heterocycles. The maximum absolute atomic E-state index is 13.1. The number of hydrogen-bond donors (Lipinski definition) is 2. The van der Waals surface area contributed by atoms with Crippen molar-refractivity contribution in [2.45, 2.75) is 29.6 Å². The lowest BCUT2D eigenvalue weighted by Crippen LogP contribution is -2.42. The summed E-state index contributed by atoms with van der Waals surface area (Å²) < 4.78 is 28.0. The molecule has 0 atom stereocenters. The average Bonchev–Trinajstić information content (AvgIpc) is 3.28. The Morgan fingerprint density at radius 2 is 1.73 bits per heavy atom.